The molecule has 1 rings (SSSR count). The predicted molar refractivity (Wildman–Crippen MR) is 52.2 cm³/mol. The molecule has 86 valence electrons. The minimum Gasteiger partial charge on any atom is -0.493 e. The molecule has 4 nitrogen and oxygen atoms in total. The maximum atomic E-state index is 12.8. The first kappa shape index (κ1) is 11.9. The number of alkyl halides is 2. The van der Waals surface area contributed by atoms with Crippen LogP contribution in [-0.4, -0.2) is 29.9 Å². The number of nitrogens with one attached hydrogen (secondary N) is 1. The lowest BCUT2D eigenvalue weighted by Gasteiger charge is -2.18. The molecule has 0 radical (unpaired) electrons. The standard InChI is InChI=1S/C9H15F2N3O/c1-4-12-7(9(10)11)8-6(15-3)5-13-14(8)2/h5,7,9,12H,4H2,1-3H3. The van der Waals surface area contributed by atoms with E-state index in [0.29, 0.717) is 18.0 Å². The van der Waals surface area contributed by atoms with Gasteiger partial charge in [0.1, 0.15) is 11.7 Å². The monoisotopic (exact) mass is 219 g/mol. The van der Waals surface area contributed by atoms with Gasteiger partial charge in [-0.15, -0.1) is 0 Å². The first-order chi connectivity index (χ1) is 7.11. The van der Waals surface area contributed by atoms with Crippen LogP contribution < -0.4 is 10.1 Å². The van der Waals surface area contributed by atoms with E-state index < -0.39 is 12.5 Å². The van der Waals surface area contributed by atoms with E-state index in [0.717, 1.165) is 0 Å². The smallest absolute Gasteiger partial charge is 0.259 e. The van der Waals surface area contributed by atoms with Crippen LogP contribution in [-0.2, 0) is 7.05 Å². The molecule has 1 atom stereocenters. The Morgan fingerprint density at radius 1 is 1.60 bits per heavy atom. The fourth-order valence-corrected chi connectivity index (χ4v) is 1.46. The molecule has 0 spiro atoms. The molecule has 0 bridgehead atoms. The molecule has 0 amide bonds. The Morgan fingerprint density at radius 2 is 2.27 bits per heavy atom. The Bertz CT molecular complexity index is 314. The number of nitrogens with zero attached hydrogens (tertiary/aromatic N) is 2. The fourth-order valence-electron chi connectivity index (χ4n) is 1.46. The number of hydrogen-bond donors (Lipinski definition) is 1. The second kappa shape index (κ2) is 5.06. The summed E-state index contributed by atoms with van der Waals surface area (Å²) in [6, 6.07) is -1.04. The van der Waals surface area contributed by atoms with Crippen molar-refractivity contribution in [3.8, 4) is 5.75 Å². The summed E-state index contributed by atoms with van der Waals surface area (Å²) < 4.78 is 32.0. The molecule has 0 aliphatic carbocycles. The van der Waals surface area contributed by atoms with Gasteiger partial charge in [0.2, 0.25) is 0 Å². The number of halogens is 2. The van der Waals surface area contributed by atoms with E-state index >= 15 is 0 Å². The van der Waals surface area contributed by atoms with Crippen LogP contribution in [0.1, 0.15) is 18.7 Å². The van der Waals surface area contributed by atoms with Crippen LogP contribution in [0.15, 0.2) is 6.20 Å². The lowest BCUT2D eigenvalue weighted by atomic mass is 10.2. The molecule has 0 aliphatic heterocycles. The van der Waals surface area contributed by atoms with Crippen molar-refractivity contribution in [1.29, 1.82) is 0 Å². The molecule has 0 aromatic carbocycles. The largest absolute Gasteiger partial charge is 0.493 e. The molecule has 1 N–H and O–H groups in total. The molecule has 0 saturated carbocycles. The highest BCUT2D eigenvalue weighted by Gasteiger charge is 2.27. The second-order valence-corrected chi connectivity index (χ2v) is 3.09. The first-order valence-corrected chi connectivity index (χ1v) is 4.69. The molecule has 1 aromatic heterocycles. The number of methoxy groups -OCH3 is 1. The van der Waals surface area contributed by atoms with Gasteiger partial charge in [0.25, 0.3) is 6.43 Å². The Balaban J connectivity index is 3.03. The fraction of sp³-hybridized carbons (Fsp3) is 0.667. The number of rotatable bonds is 5. The molecule has 0 fully saturated rings. The zero-order chi connectivity index (χ0) is 11.4. The van der Waals surface area contributed by atoms with Crippen molar-refractivity contribution >= 4 is 0 Å². The van der Waals surface area contributed by atoms with E-state index in [-0.39, 0.29) is 0 Å². The van der Waals surface area contributed by atoms with Crippen molar-refractivity contribution in [3.63, 3.8) is 0 Å². The summed E-state index contributed by atoms with van der Waals surface area (Å²) >= 11 is 0. The molecule has 6 heteroatoms. The number of aromatic nitrogens is 2. The predicted octanol–water partition coefficient (Wildman–Crippen LogP) is 1.34. The zero-order valence-electron chi connectivity index (χ0n) is 9.00. The van der Waals surface area contributed by atoms with Crippen molar-refractivity contribution < 1.29 is 13.5 Å². The van der Waals surface area contributed by atoms with Gasteiger partial charge >= 0.3 is 0 Å². The highest BCUT2D eigenvalue weighted by atomic mass is 19.3. The van der Waals surface area contributed by atoms with Crippen LogP contribution in [0.25, 0.3) is 0 Å². The van der Waals surface area contributed by atoms with Crippen LogP contribution in [0.4, 0.5) is 8.78 Å². The van der Waals surface area contributed by atoms with Gasteiger partial charge in [0, 0.05) is 7.05 Å². The van der Waals surface area contributed by atoms with Gasteiger partial charge in [0.15, 0.2) is 5.75 Å². The summed E-state index contributed by atoms with van der Waals surface area (Å²) in [5.41, 5.74) is 0.370. The Morgan fingerprint density at radius 3 is 2.73 bits per heavy atom. The van der Waals surface area contributed by atoms with Gasteiger partial charge in [-0.3, -0.25) is 4.68 Å². The van der Waals surface area contributed by atoms with E-state index in [1.807, 2.05) is 0 Å². The van der Waals surface area contributed by atoms with E-state index in [4.69, 9.17) is 4.74 Å². The Labute approximate surface area is 87.2 Å². The first-order valence-electron chi connectivity index (χ1n) is 4.69. The topological polar surface area (TPSA) is 39.1 Å². The van der Waals surface area contributed by atoms with Crippen molar-refractivity contribution in [2.45, 2.75) is 19.4 Å². The number of hydrogen-bond acceptors (Lipinski definition) is 3. The third kappa shape index (κ3) is 2.44. The molecular formula is C9H15F2N3O. The third-order valence-corrected chi connectivity index (χ3v) is 2.14. The van der Waals surface area contributed by atoms with Crippen molar-refractivity contribution in [1.82, 2.24) is 15.1 Å². The lowest BCUT2D eigenvalue weighted by Crippen LogP contribution is -2.29. The normalized spacial score (nSPS) is 13.2. The SMILES string of the molecule is CCNC(c1c(OC)cnn1C)C(F)F. The van der Waals surface area contributed by atoms with Crippen LogP contribution in [0.3, 0.4) is 0 Å². The summed E-state index contributed by atoms with van der Waals surface area (Å²) in [6.07, 6.45) is -1.06. The van der Waals surface area contributed by atoms with Gasteiger partial charge in [0.05, 0.1) is 13.3 Å². The Kier molecular flexibility index (Phi) is 4.02. The minimum atomic E-state index is -2.49. The van der Waals surface area contributed by atoms with Gasteiger partial charge in [-0.1, -0.05) is 6.92 Å². The van der Waals surface area contributed by atoms with Crippen LogP contribution in [0, 0.1) is 0 Å². The highest BCUT2D eigenvalue weighted by molar-refractivity contribution is 5.28. The van der Waals surface area contributed by atoms with Crippen molar-refractivity contribution in [2.75, 3.05) is 13.7 Å². The molecule has 1 heterocycles. The van der Waals surface area contributed by atoms with Crippen LogP contribution in [0.5, 0.6) is 5.75 Å². The quantitative estimate of drug-likeness (QED) is 0.812. The number of aryl methyl sites for hydroxylation is 1. The zero-order valence-corrected chi connectivity index (χ0v) is 9.00. The lowest BCUT2D eigenvalue weighted by molar-refractivity contribution is 0.0941. The maximum Gasteiger partial charge on any atom is 0.259 e. The number of ether oxygens (including phenoxy) is 1. The maximum absolute atomic E-state index is 12.8. The van der Waals surface area contributed by atoms with Gasteiger partial charge < -0.3 is 10.1 Å². The van der Waals surface area contributed by atoms with E-state index in [2.05, 4.69) is 10.4 Å². The van der Waals surface area contributed by atoms with Gasteiger partial charge in [-0.2, -0.15) is 5.10 Å². The minimum absolute atomic E-state index is 0.370. The summed E-state index contributed by atoms with van der Waals surface area (Å²) in [5.74, 6) is 0.378. The molecule has 1 aromatic rings. The van der Waals surface area contributed by atoms with E-state index in [1.54, 1.807) is 14.0 Å². The summed E-state index contributed by atoms with van der Waals surface area (Å²) in [5, 5.41) is 6.60. The van der Waals surface area contributed by atoms with Crippen molar-refractivity contribution in [3.05, 3.63) is 11.9 Å². The summed E-state index contributed by atoms with van der Waals surface area (Å²) in [7, 11) is 3.06. The average Bonchev–Trinajstić information content (AvgIpc) is 2.55. The molecule has 0 saturated heterocycles. The van der Waals surface area contributed by atoms with Crippen LogP contribution >= 0.6 is 0 Å². The van der Waals surface area contributed by atoms with Gasteiger partial charge in [-0.25, -0.2) is 8.78 Å². The second-order valence-electron chi connectivity index (χ2n) is 3.09. The molecule has 15 heavy (non-hydrogen) atoms. The average molecular weight is 219 g/mol. The summed E-state index contributed by atoms with van der Waals surface area (Å²) in [6.45, 7) is 2.24. The summed E-state index contributed by atoms with van der Waals surface area (Å²) in [4.78, 5) is 0. The third-order valence-electron chi connectivity index (χ3n) is 2.14. The molecular weight excluding hydrogens is 204 g/mol. The van der Waals surface area contributed by atoms with Crippen LogP contribution in [0.2, 0.25) is 0 Å². The van der Waals surface area contributed by atoms with E-state index in [1.165, 1.54) is 18.0 Å². The van der Waals surface area contributed by atoms with E-state index in [9.17, 15) is 8.78 Å². The van der Waals surface area contributed by atoms with Gasteiger partial charge in [-0.05, 0) is 6.54 Å². The highest BCUT2D eigenvalue weighted by Crippen LogP contribution is 2.28. The van der Waals surface area contributed by atoms with Crippen molar-refractivity contribution in [2.24, 2.45) is 7.05 Å². The molecule has 1 unspecified atom stereocenters. The molecule has 0 aliphatic rings. The Hall–Kier alpha value is -1.17.